The Morgan fingerprint density at radius 3 is 2.81 bits per heavy atom. The number of carbonyl (C=O) groups excluding carboxylic acids is 1. The van der Waals surface area contributed by atoms with Crippen LogP contribution in [0.25, 0.3) is 0 Å². The quantitative estimate of drug-likeness (QED) is 0.805. The van der Waals surface area contributed by atoms with Crippen molar-refractivity contribution in [1.29, 1.82) is 0 Å². The topological polar surface area (TPSA) is 52.3 Å². The summed E-state index contributed by atoms with van der Waals surface area (Å²) in [5.74, 6) is -0.211. The van der Waals surface area contributed by atoms with E-state index in [0.717, 1.165) is 12.0 Å². The maximum atomic E-state index is 11.5. The summed E-state index contributed by atoms with van der Waals surface area (Å²) in [6, 6.07) is 1.99. The van der Waals surface area contributed by atoms with E-state index in [1.165, 1.54) is 7.11 Å². The smallest absolute Gasteiger partial charge is 0.306 e. The van der Waals surface area contributed by atoms with Gasteiger partial charge in [-0.1, -0.05) is 13.8 Å². The molecule has 0 aliphatic heterocycles. The van der Waals surface area contributed by atoms with E-state index in [0.29, 0.717) is 6.42 Å². The maximum absolute atomic E-state index is 11.5. The van der Waals surface area contributed by atoms with E-state index in [2.05, 4.69) is 5.38 Å². The molecule has 1 aromatic heterocycles. The Balaban J connectivity index is 2.98. The Hall–Kier alpha value is -0.870. The summed E-state index contributed by atoms with van der Waals surface area (Å²) in [5, 5.41) is 4.06. The molecule has 2 atom stereocenters. The Kier molecular flexibility index (Phi) is 4.50. The van der Waals surface area contributed by atoms with E-state index in [-0.39, 0.29) is 17.4 Å². The number of methoxy groups -OCH3 is 1. The van der Waals surface area contributed by atoms with E-state index < -0.39 is 0 Å². The van der Waals surface area contributed by atoms with Crippen molar-refractivity contribution in [2.45, 2.75) is 38.1 Å². The van der Waals surface area contributed by atoms with Gasteiger partial charge in [-0.3, -0.25) is 4.79 Å². The molecule has 1 aromatic rings. The number of ether oxygens (including phenoxy) is 1. The van der Waals surface area contributed by atoms with Crippen molar-refractivity contribution in [2.24, 2.45) is 5.73 Å². The van der Waals surface area contributed by atoms with E-state index >= 15 is 0 Å². The van der Waals surface area contributed by atoms with E-state index in [4.69, 9.17) is 10.5 Å². The van der Waals surface area contributed by atoms with Gasteiger partial charge in [0, 0.05) is 11.5 Å². The van der Waals surface area contributed by atoms with Gasteiger partial charge in [-0.2, -0.15) is 11.3 Å². The second-order valence-electron chi connectivity index (χ2n) is 4.20. The standard InChI is InChI=1S/C12H19NO2S/c1-4-10(13)12(2,7-11(14)15-3)9-5-6-16-8-9/h5-6,8,10H,4,7,13H2,1-3H3. The van der Waals surface area contributed by atoms with Crippen molar-refractivity contribution in [3.63, 3.8) is 0 Å². The second kappa shape index (κ2) is 5.46. The predicted molar refractivity (Wildman–Crippen MR) is 66.6 cm³/mol. The van der Waals surface area contributed by atoms with Crippen LogP contribution in [0.1, 0.15) is 32.3 Å². The summed E-state index contributed by atoms with van der Waals surface area (Å²) >= 11 is 1.62. The number of hydrogen-bond acceptors (Lipinski definition) is 4. The molecule has 0 aromatic carbocycles. The predicted octanol–water partition coefficient (Wildman–Crippen LogP) is 2.31. The van der Waals surface area contributed by atoms with Crippen molar-refractivity contribution < 1.29 is 9.53 Å². The highest BCUT2D eigenvalue weighted by Gasteiger charge is 2.35. The number of esters is 1. The molecule has 0 bridgehead atoms. The lowest BCUT2D eigenvalue weighted by molar-refractivity contribution is -0.142. The average Bonchev–Trinajstić information content (AvgIpc) is 2.81. The molecule has 0 saturated heterocycles. The van der Waals surface area contributed by atoms with Crippen molar-refractivity contribution in [1.82, 2.24) is 0 Å². The van der Waals surface area contributed by atoms with Crippen molar-refractivity contribution in [3.05, 3.63) is 22.4 Å². The molecule has 3 nitrogen and oxygen atoms in total. The summed E-state index contributed by atoms with van der Waals surface area (Å²) in [4.78, 5) is 11.5. The van der Waals surface area contributed by atoms with E-state index in [1.807, 2.05) is 25.3 Å². The summed E-state index contributed by atoms with van der Waals surface area (Å²) in [5.41, 5.74) is 6.93. The zero-order valence-electron chi connectivity index (χ0n) is 10.0. The first-order valence-electron chi connectivity index (χ1n) is 5.39. The third-order valence-electron chi connectivity index (χ3n) is 3.18. The number of thiophene rings is 1. The molecule has 0 spiro atoms. The van der Waals surface area contributed by atoms with E-state index in [1.54, 1.807) is 11.3 Å². The lowest BCUT2D eigenvalue weighted by Gasteiger charge is -2.33. The van der Waals surface area contributed by atoms with Crippen molar-refractivity contribution >= 4 is 17.3 Å². The fraction of sp³-hybridized carbons (Fsp3) is 0.583. The minimum absolute atomic E-state index is 0.0406. The molecule has 0 fully saturated rings. The number of hydrogen-bond donors (Lipinski definition) is 1. The molecule has 1 heterocycles. The molecule has 2 N–H and O–H groups in total. The van der Waals surface area contributed by atoms with Crippen LogP contribution >= 0.6 is 11.3 Å². The van der Waals surface area contributed by atoms with Gasteiger partial charge in [0.25, 0.3) is 0 Å². The molecule has 0 saturated carbocycles. The minimum atomic E-state index is -0.332. The lowest BCUT2D eigenvalue weighted by atomic mass is 9.74. The van der Waals surface area contributed by atoms with Gasteiger partial charge < -0.3 is 10.5 Å². The largest absolute Gasteiger partial charge is 0.469 e. The van der Waals surface area contributed by atoms with Crippen LogP contribution < -0.4 is 5.73 Å². The van der Waals surface area contributed by atoms with Gasteiger partial charge in [-0.05, 0) is 28.8 Å². The Labute approximate surface area is 101 Å². The number of carbonyl (C=O) groups is 1. The van der Waals surface area contributed by atoms with Gasteiger partial charge in [0.1, 0.15) is 0 Å². The first-order valence-corrected chi connectivity index (χ1v) is 6.34. The molecule has 2 unspecified atom stereocenters. The average molecular weight is 241 g/mol. The molecule has 0 aliphatic rings. The van der Waals surface area contributed by atoms with Crippen molar-refractivity contribution in [2.75, 3.05) is 7.11 Å². The van der Waals surface area contributed by atoms with Gasteiger partial charge in [0.15, 0.2) is 0 Å². The molecule has 90 valence electrons. The first kappa shape index (κ1) is 13.2. The zero-order valence-corrected chi connectivity index (χ0v) is 10.8. The highest BCUT2D eigenvalue weighted by atomic mass is 32.1. The molecule has 0 radical (unpaired) electrons. The van der Waals surface area contributed by atoms with Crippen LogP contribution in [0.4, 0.5) is 0 Å². The van der Waals surface area contributed by atoms with Gasteiger partial charge in [-0.15, -0.1) is 0 Å². The Morgan fingerprint density at radius 2 is 2.38 bits per heavy atom. The molecular weight excluding hydrogens is 222 g/mol. The summed E-state index contributed by atoms with van der Waals surface area (Å²) in [6.45, 7) is 4.06. The van der Waals surface area contributed by atoms with Crippen LogP contribution in [-0.4, -0.2) is 19.1 Å². The fourth-order valence-corrected chi connectivity index (χ4v) is 2.66. The van der Waals surface area contributed by atoms with Crippen LogP contribution in [0, 0.1) is 0 Å². The van der Waals surface area contributed by atoms with Crippen LogP contribution in [0.5, 0.6) is 0 Å². The summed E-state index contributed by atoms with van der Waals surface area (Å²) in [7, 11) is 1.41. The molecule has 1 rings (SSSR count). The molecule has 0 aliphatic carbocycles. The SMILES string of the molecule is CCC(N)C(C)(CC(=O)OC)c1ccsc1. The molecule has 0 amide bonds. The Bertz CT molecular complexity index is 337. The highest BCUT2D eigenvalue weighted by molar-refractivity contribution is 7.08. The number of rotatable bonds is 5. The third-order valence-corrected chi connectivity index (χ3v) is 3.86. The van der Waals surface area contributed by atoms with Gasteiger partial charge in [0.05, 0.1) is 13.5 Å². The zero-order chi connectivity index (χ0) is 12.2. The van der Waals surface area contributed by atoms with Crippen LogP contribution in [0.15, 0.2) is 16.8 Å². The monoisotopic (exact) mass is 241 g/mol. The van der Waals surface area contributed by atoms with Gasteiger partial charge >= 0.3 is 5.97 Å². The van der Waals surface area contributed by atoms with Crippen molar-refractivity contribution in [3.8, 4) is 0 Å². The molecule has 16 heavy (non-hydrogen) atoms. The third kappa shape index (κ3) is 2.62. The minimum Gasteiger partial charge on any atom is -0.469 e. The second-order valence-corrected chi connectivity index (χ2v) is 4.98. The fourth-order valence-electron chi connectivity index (χ4n) is 1.86. The molecular formula is C12H19NO2S. The maximum Gasteiger partial charge on any atom is 0.306 e. The van der Waals surface area contributed by atoms with Crippen LogP contribution in [0.2, 0.25) is 0 Å². The number of nitrogens with two attached hydrogens (primary N) is 1. The summed E-state index contributed by atoms with van der Waals surface area (Å²) < 4.78 is 4.75. The van der Waals surface area contributed by atoms with Gasteiger partial charge in [-0.25, -0.2) is 0 Å². The molecule has 4 heteroatoms. The first-order chi connectivity index (χ1) is 7.54. The Morgan fingerprint density at radius 1 is 1.69 bits per heavy atom. The highest BCUT2D eigenvalue weighted by Crippen LogP contribution is 2.33. The van der Waals surface area contributed by atoms with Crippen LogP contribution in [-0.2, 0) is 14.9 Å². The van der Waals surface area contributed by atoms with Crippen LogP contribution in [0.3, 0.4) is 0 Å². The normalized spacial score (nSPS) is 16.5. The summed E-state index contributed by atoms with van der Waals surface area (Å²) in [6.07, 6.45) is 1.17. The van der Waals surface area contributed by atoms with E-state index in [9.17, 15) is 4.79 Å². The van der Waals surface area contributed by atoms with Gasteiger partial charge in [0.2, 0.25) is 0 Å². The lowest BCUT2D eigenvalue weighted by Crippen LogP contribution is -2.44.